The number of allylic oxidation sites excluding steroid dienone is 4. The molecule has 0 radical (unpaired) electrons. The maximum atomic E-state index is 4.23. The molecule has 0 saturated heterocycles. The van der Waals surface area contributed by atoms with Gasteiger partial charge in [0.1, 0.15) is 0 Å². The van der Waals surface area contributed by atoms with Gasteiger partial charge in [0, 0.05) is 11.9 Å². The van der Waals surface area contributed by atoms with E-state index in [1.54, 1.807) is 0 Å². The standard InChI is InChI=1S/C10H17N/c1-5-7-9(3)8-11-10(4)6-2/h6-8H,5H2,1-4H3. The third-order valence-corrected chi connectivity index (χ3v) is 1.42. The van der Waals surface area contributed by atoms with E-state index in [1.165, 1.54) is 5.57 Å². The third-order valence-electron chi connectivity index (χ3n) is 1.42. The Morgan fingerprint density at radius 1 is 1.36 bits per heavy atom. The molecule has 0 atom stereocenters. The molecule has 0 aliphatic heterocycles. The molecule has 1 heteroatoms. The number of hydrogen-bond donors (Lipinski definition) is 0. The van der Waals surface area contributed by atoms with Crippen molar-refractivity contribution in [1.82, 2.24) is 0 Å². The highest BCUT2D eigenvalue weighted by Gasteiger charge is 1.80. The molecule has 0 aliphatic carbocycles. The summed E-state index contributed by atoms with van der Waals surface area (Å²) in [5.41, 5.74) is 2.29. The zero-order valence-electron chi connectivity index (χ0n) is 7.89. The van der Waals surface area contributed by atoms with Crippen molar-refractivity contribution < 1.29 is 0 Å². The highest BCUT2D eigenvalue weighted by Crippen LogP contribution is 1.96. The zero-order valence-corrected chi connectivity index (χ0v) is 7.89. The van der Waals surface area contributed by atoms with Crippen LogP contribution >= 0.6 is 0 Å². The van der Waals surface area contributed by atoms with Crippen molar-refractivity contribution in [1.29, 1.82) is 0 Å². The van der Waals surface area contributed by atoms with E-state index in [0.29, 0.717) is 0 Å². The van der Waals surface area contributed by atoms with Crippen molar-refractivity contribution in [3.8, 4) is 0 Å². The Kier molecular flexibility index (Phi) is 5.44. The molecule has 0 bridgehead atoms. The van der Waals surface area contributed by atoms with Gasteiger partial charge in [-0.05, 0) is 32.8 Å². The van der Waals surface area contributed by atoms with Crippen LogP contribution in [0.4, 0.5) is 0 Å². The van der Waals surface area contributed by atoms with Crippen molar-refractivity contribution >= 4 is 6.21 Å². The summed E-state index contributed by atoms with van der Waals surface area (Å²) in [6.45, 7) is 8.18. The molecule has 0 aromatic rings. The van der Waals surface area contributed by atoms with Crippen LogP contribution in [0.5, 0.6) is 0 Å². The van der Waals surface area contributed by atoms with Crippen LogP contribution in [0, 0.1) is 0 Å². The number of aliphatic imine (C=N–C) groups is 1. The van der Waals surface area contributed by atoms with Gasteiger partial charge < -0.3 is 0 Å². The fourth-order valence-corrected chi connectivity index (χ4v) is 0.653. The van der Waals surface area contributed by atoms with Crippen LogP contribution in [-0.2, 0) is 0 Å². The summed E-state index contributed by atoms with van der Waals surface area (Å²) in [6.07, 6.45) is 7.13. The monoisotopic (exact) mass is 151 g/mol. The van der Waals surface area contributed by atoms with Gasteiger partial charge in [0.25, 0.3) is 0 Å². The van der Waals surface area contributed by atoms with Crippen molar-refractivity contribution in [3.05, 3.63) is 23.4 Å². The van der Waals surface area contributed by atoms with Crippen LogP contribution < -0.4 is 0 Å². The molecule has 0 unspecified atom stereocenters. The minimum Gasteiger partial charge on any atom is -0.262 e. The second-order valence-electron chi connectivity index (χ2n) is 2.54. The van der Waals surface area contributed by atoms with Crippen molar-refractivity contribution in [2.24, 2.45) is 4.99 Å². The van der Waals surface area contributed by atoms with Gasteiger partial charge in [0.15, 0.2) is 0 Å². The molecule has 0 aromatic carbocycles. The molecule has 0 aliphatic rings. The highest BCUT2D eigenvalue weighted by molar-refractivity contribution is 5.78. The average Bonchev–Trinajstić information content (AvgIpc) is 2.01. The lowest BCUT2D eigenvalue weighted by molar-refractivity contribution is 1.20. The fourth-order valence-electron chi connectivity index (χ4n) is 0.653. The van der Waals surface area contributed by atoms with Crippen LogP contribution in [-0.4, -0.2) is 6.21 Å². The molecular weight excluding hydrogens is 134 g/mol. The summed E-state index contributed by atoms with van der Waals surface area (Å²) in [5, 5.41) is 0. The first-order chi connectivity index (χ1) is 5.20. The molecule has 0 amide bonds. The molecular formula is C10H17N. The molecule has 0 aromatic heterocycles. The third kappa shape index (κ3) is 5.59. The zero-order chi connectivity index (χ0) is 8.69. The lowest BCUT2D eigenvalue weighted by Crippen LogP contribution is -1.77. The van der Waals surface area contributed by atoms with Crippen molar-refractivity contribution in [2.45, 2.75) is 34.1 Å². The van der Waals surface area contributed by atoms with E-state index in [1.807, 2.05) is 26.1 Å². The van der Waals surface area contributed by atoms with Crippen LogP contribution in [0.2, 0.25) is 0 Å². The summed E-state index contributed by atoms with van der Waals surface area (Å²) in [4.78, 5) is 4.23. The number of hydrogen-bond acceptors (Lipinski definition) is 1. The van der Waals surface area contributed by atoms with Crippen molar-refractivity contribution in [3.63, 3.8) is 0 Å². The molecule has 0 fully saturated rings. The first-order valence-corrected chi connectivity index (χ1v) is 4.04. The fraction of sp³-hybridized carbons (Fsp3) is 0.500. The predicted octanol–water partition coefficient (Wildman–Crippen LogP) is 3.34. The molecule has 0 N–H and O–H groups in total. The minimum absolute atomic E-state index is 1.06. The second-order valence-corrected chi connectivity index (χ2v) is 2.54. The van der Waals surface area contributed by atoms with Gasteiger partial charge in [0.2, 0.25) is 0 Å². The summed E-state index contributed by atoms with van der Waals surface area (Å²) in [5.74, 6) is 0. The first kappa shape index (κ1) is 10.2. The molecule has 0 rings (SSSR count). The molecule has 62 valence electrons. The second kappa shape index (κ2) is 5.90. The van der Waals surface area contributed by atoms with Crippen LogP contribution in [0.3, 0.4) is 0 Å². The van der Waals surface area contributed by atoms with E-state index in [0.717, 1.165) is 12.1 Å². The Labute approximate surface area is 69.5 Å². The van der Waals surface area contributed by atoms with Gasteiger partial charge in [-0.25, -0.2) is 0 Å². The van der Waals surface area contributed by atoms with Crippen LogP contribution in [0.1, 0.15) is 34.1 Å². The van der Waals surface area contributed by atoms with E-state index in [9.17, 15) is 0 Å². The van der Waals surface area contributed by atoms with E-state index in [2.05, 4.69) is 24.9 Å². The SMILES string of the molecule is CC=C(C)N=CC(C)=CCC. The summed E-state index contributed by atoms with van der Waals surface area (Å²) in [6, 6.07) is 0. The molecule has 11 heavy (non-hydrogen) atoms. The Morgan fingerprint density at radius 2 is 2.00 bits per heavy atom. The lowest BCUT2D eigenvalue weighted by atomic mass is 10.3. The van der Waals surface area contributed by atoms with E-state index in [-0.39, 0.29) is 0 Å². The minimum atomic E-state index is 1.06. The van der Waals surface area contributed by atoms with Gasteiger partial charge in [-0.15, -0.1) is 0 Å². The normalized spacial score (nSPS) is 14.5. The van der Waals surface area contributed by atoms with Crippen molar-refractivity contribution in [2.75, 3.05) is 0 Å². The van der Waals surface area contributed by atoms with E-state index >= 15 is 0 Å². The lowest BCUT2D eigenvalue weighted by Gasteiger charge is -1.90. The van der Waals surface area contributed by atoms with Gasteiger partial charge >= 0.3 is 0 Å². The Hall–Kier alpha value is -0.850. The van der Waals surface area contributed by atoms with Gasteiger partial charge in [0.05, 0.1) is 0 Å². The average molecular weight is 151 g/mol. The van der Waals surface area contributed by atoms with Crippen LogP contribution in [0.25, 0.3) is 0 Å². The maximum Gasteiger partial charge on any atom is 0.0330 e. The summed E-state index contributed by atoms with van der Waals surface area (Å²) >= 11 is 0. The Morgan fingerprint density at radius 3 is 2.45 bits per heavy atom. The predicted molar refractivity (Wildman–Crippen MR) is 52.0 cm³/mol. The van der Waals surface area contributed by atoms with Crippen LogP contribution in [0.15, 0.2) is 28.4 Å². The Bertz CT molecular complexity index is 185. The highest BCUT2D eigenvalue weighted by atomic mass is 14.7. The number of rotatable bonds is 3. The van der Waals surface area contributed by atoms with Gasteiger partial charge in [-0.1, -0.05) is 19.1 Å². The molecule has 1 nitrogen and oxygen atoms in total. The summed E-state index contributed by atoms with van der Waals surface area (Å²) < 4.78 is 0. The van der Waals surface area contributed by atoms with Gasteiger partial charge in [-0.2, -0.15) is 0 Å². The maximum absolute atomic E-state index is 4.23. The smallest absolute Gasteiger partial charge is 0.0330 e. The Balaban J connectivity index is 4.03. The van der Waals surface area contributed by atoms with Gasteiger partial charge in [-0.3, -0.25) is 4.99 Å². The first-order valence-electron chi connectivity index (χ1n) is 4.04. The quantitative estimate of drug-likeness (QED) is 0.548. The van der Waals surface area contributed by atoms with E-state index in [4.69, 9.17) is 0 Å². The summed E-state index contributed by atoms with van der Waals surface area (Å²) in [7, 11) is 0. The largest absolute Gasteiger partial charge is 0.262 e. The molecule has 0 saturated carbocycles. The molecule has 0 spiro atoms. The molecule has 0 heterocycles. The topological polar surface area (TPSA) is 12.4 Å². The van der Waals surface area contributed by atoms with E-state index < -0.39 is 0 Å². The number of nitrogens with zero attached hydrogens (tertiary/aromatic N) is 1.